The summed E-state index contributed by atoms with van der Waals surface area (Å²) in [6, 6.07) is 14.4. The zero-order valence-corrected chi connectivity index (χ0v) is 15.4. The second-order valence-electron chi connectivity index (χ2n) is 5.50. The first kappa shape index (κ1) is 18.7. The Bertz CT molecular complexity index is 898. The van der Waals surface area contributed by atoms with E-state index in [4.69, 9.17) is 21.1 Å². The van der Waals surface area contributed by atoms with Crippen molar-refractivity contribution in [2.75, 3.05) is 20.3 Å². The van der Waals surface area contributed by atoms with Crippen LogP contribution < -0.4 is 14.8 Å². The highest BCUT2D eigenvalue weighted by molar-refractivity contribution is 6.30. The molecule has 0 saturated carbocycles. The summed E-state index contributed by atoms with van der Waals surface area (Å²) < 4.78 is 10.8. The van der Waals surface area contributed by atoms with Gasteiger partial charge in [-0.15, -0.1) is 10.2 Å². The van der Waals surface area contributed by atoms with Crippen molar-refractivity contribution in [2.24, 2.45) is 0 Å². The van der Waals surface area contributed by atoms with Crippen molar-refractivity contribution in [3.05, 3.63) is 53.6 Å². The standard InChI is InChI=1S/C18H18ClN5O3/c1-26-15-4-2-3-5-16(15)27-11-10-20-17(25)12-24-22-18(21-23-24)13-6-8-14(19)9-7-13/h2-9H,10-12H2,1H3,(H,20,25). The van der Waals surface area contributed by atoms with Crippen LogP contribution in [-0.2, 0) is 11.3 Å². The van der Waals surface area contributed by atoms with Crippen molar-refractivity contribution in [3.63, 3.8) is 0 Å². The quantitative estimate of drug-likeness (QED) is 0.596. The van der Waals surface area contributed by atoms with Crippen LogP contribution in [0.2, 0.25) is 5.02 Å². The Morgan fingerprint density at radius 1 is 1.15 bits per heavy atom. The van der Waals surface area contributed by atoms with E-state index in [2.05, 4.69) is 20.7 Å². The van der Waals surface area contributed by atoms with Gasteiger partial charge in [0.2, 0.25) is 11.7 Å². The first-order valence-corrected chi connectivity index (χ1v) is 8.60. The number of hydrogen-bond donors (Lipinski definition) is 1. The summed E-state index contributed by atoms with van der Waals surface area (Å²) in [6.07, 6.45) is 0. The zero-order chi connectivity index (χ0) is 19.1. The first-order valence-electron chi connectivity index (χ1n) is 8.22. The van der Waals surface area contributed by atoms with E-state index in [0.717, 1.165) is 5.56 Å². The number of aromatic nitrogens is 4. The van der Waals surface area contributed by atoms with Gasteiger partial charge in [0.15, 0.2) is 11.5 Å². The number of carbonyl (C=O) groups excluding carboxylic acids is 1. The van der Waals surface area contributed by atoms with Crippen LogP contribution in [0.4, 0.5) is 0 Å². The van der Waals surface area contributed by atoms with Gasteiger partial charge in [0.05, 0.1) is 13.7 Å². The second kappa shape index (κ2) is 9.00. The van der Waals surface area contributed by atoms with Gasteiger partial charge in [-0.25, -0.2) is 0 Å². The molecule has 140 valence electrons. The molecule has 0 atom stereocenters. The fourth-order valence-corrected chi connectivity index (χ4v) is 2.42. The molecule has 3 aromatic rings. The van der Waals surface area contributed by atoms with Crippen molar-refractivity contribution in [1.82, 2.24) is 25.5 Å². The van der Waals surface area contributed by atoms with Crippen LogP contribution in [0, 0.1) is 0 Å². The monoisotopic (exact) mass is 387 g/mol. The maximum Gasteiger partial charge on any atom is 0.243 e. The van der Waals surface area contributed by atoms with E-state index < -0.39 is 0 Å². The van der Waals surface area contributed by atoms with Crippen LogP contribution >= 0.6 is 11.6 Å². The predicted octanol–water partition coefficient (Wildman–Crippen LogP) is 2.20. The second-order valence-corrected chi connectivity index (χ2v) is 5.94. The van der Waals surface area contributed by atoms with Gasteiger partial charge in [0.1, 0.15) is 13.2 Å². The number of benzene rings is 2. The van der Waals surface area contributed by atoms with Gasteiger partial charge in [-0.3, -0.25) is 4.79 Å². The summed E-state index contributed by atoms with van der Waals surface area (Å²) in [5.74, 6) is 1.46. The Labute approximate surface area is 161 Å². The zero-order valence-electron chi connectivity index (χ0n) is 14.6. The third-order valence-electron chi connectivity index (χ3n) is 3.59. The minimum absolute atomic E-state index is 0.0325. The number of ether oxygens (including phenoxy) is 2. The maximum atomic E-state index is 12.0. The number of nitrogens with zero attached hydrogens (tertiary/aromatic N) is 4. The molecular weight excluding hydrogens is 370 g/mol. The average molecular weight is 388 g/mol. The largest absolute Gasteiger partial charge is 0.493 e. The fourth-order valence-electron chi connectivity index (χ4n) is 2.30. The lowest BCUT2D eigenvalue weighted by Gasteiger charge is -2.10. The highest BCUT2D eigenvalue weighted by Gasteiger charge is 2.09. The minimum atomic E-state index is -0.237. The molecule has 0 unspecified atom stereocenters. The van der Waals surface area contributed by atoms with Crippen LogP contribution in [0.25, 0.3) is 11.4 Å². The van der Waals surface area contributed by atoms with Gasteiger partial charge in [0.25, 0.3) is 0 Å². The van der Waals surface area contributed by atoms with E-state index in [1.165, 1.54) is 4.80 Å². The smallest absolute Gasteiger partial charge is 0.243 e. The highest BCUT2D eigenvalue weighted by Crippen LogP contribution is 2.25. The molecule has 0 radical (unpaired) electrons. The van der Waals surface area contributed by atoms with Crippen LogP contribution in [0.1, 0.15) is 0 Å². The molecule has 1 amide bonds. The number of methoxy groups -OCH3 is 1. The van der Waals surface area contributed by atoms with E-state index in [1.54, 1.807) is 37.4 Å². The topological polar surface area (TPSA) is 91.2 Å². The Hall–Kier alpha value is -3.13. The molecule has 2 aromatic carbocycles. The summed E-state index contributed by atoms with van der Waals surface area (Å²) >= 11 is 5.86. The Kier molecular flexibility index (Phi) is 6.22. The molecule has 0 saturated heterocycles. The molecule has 1 N–H and O–H groups in total. The van der Waals surface area contributed by atoms with Crippen molar-refractivity contribution in [3.8, 4) is 22.9 Å². The Morgan fingerprint density at radius 3 is 2.63 bits per heavy atom. The number of nitrogens with one attached hydrogen (secondary N) is 1. The number of para-hydroxylation sites is 2. The molecule has 0 aliphatic heterocycles. The van der Waals surface area contributed by atoms with Crippen molar-refractivity contribution < 1.29 is 14.3 Å². The number of rotatable bonds is 8. The number of amides is 1. The predicted molar refractivity (Wildman–Crippen MR) is 99.8 cm³/mol. The fraction of sp³-hybridized carbons (Fsp3) is 0.222. The van der Waals surface area contributed by atoms with E-state index in [-0.39, 0.29) is 12.5 Å². The molecule has 8 nitrogen and oxygen atoms in total. The normalized spacial score (nSPS) is 10.4. The molecular formula is C18H18ClN5O3. The van der Waals surface area contributed by atoms with Gasteiger partial charge in [-0.1, -0.05) is 23.7 Å². The molecule has 9 heteroatoms. The molecule has 3 rings (SSSR count). The maximum absolute atomic E-state index is 12.0. The van der Waals surface area contributed by atoms with Crippen LogP contribution in [0.5, 0.6) is 11.5 Å². The lowest BCUT2D eigenvalue weighted by atomic mass is 10.2. The summed E-state index contributed by atoms with van der Waals surface area (Å²) in [4.78, 5) is 13.2. The molecule has 0 aliphatic carbocycles. The first-order chi connectivity index (χ1) is 13.2. The van der Waals surface area contributed by atoms with Gasteiger partial charge < -0.3 is 14.8 Å². The van der Waals surface area contributed by atoms with Crippen molar-refractivity contribution in [1.29, 1.82) is 0 Å². The summed E-state index contributed by atoms with van der Waals surface area (Å²) in [7, 11) is 1.58. The number of carbonyl (C=O) groups is 1. The number of halogens is 1. The summed E-state index contributed by atoms with van der Waals surface area (Å²) in [6.45, 7) is 0.623. The molecule has 0 spiro atoms. The van der Waals surface area contributed by atoms with E-state index in [9.17, 15) is 4.79 Å². The van der Waals surface area contributed by atoms with E-state index in [1.807, 2.05) is 18.2 Å². The minimum Gasteiger partial charge on any atom is -0.493 e. The van der Waals surface area contributed by atoms with Gasteiger partial charge in [-0.05, 0) is 41.6 Å². The Morgan fingerprint density at radius 2 is 1.89 bits per heavy atom. The molecule has 0 bridgehead atoms. The molecule has 0 aliphatic rings. The molecule has 1 aromatic heterocycles. The lowest BCUT2D eigenvalue weighted by molar-refractivity contribution is -0.122. The third-order valence-corrected chi connectivity index (χ3v) is 3.84. The Balaban J connectivity index is 1.45. The molecule has 1 heterocycles. The highest BCUT2D eigenvalue weighted by atomic mass is 35.5. The number of hydrogen-bond acceptors (Lipinski definition) is 6. The van der Waals surface area contributed by atoms with Gasteiger partial charge in [-0.2, -0.15) is 4.80 Å². The molecule has 0 fully saturated rings. The van der Waals surface area contributed by atoms with E-state index >= 15 is 0 Å². The average Bonchev–Trinajstić information content (AvgIpc) is 3.14. The SMILES string of the molecule is COc1ccccc1OCCNC(=O)Cn1nnc(-c2ccc(Cl)cc2)n1. The van der Waals surface area contributed by atoms with Gasteiger partial charge >= 0.3 is 0 Å². The molecule has 27 heavy (non-hydrogen) atoms. The summed E-state index contributed by atoms with van der Waals surface area (Å²) in [5.41, 5.74) is 0.774. The lowest BCUT2D eigenvalue weighted by Crippen LogP contribution is -2.31. The summed E-state index contributed by atoms with van der Waals surface area (Å²) in [5, 5.41) is 15.4. The number of tetrazole rings is 1. The van der Waals surface area contributed by atoms with E-state index in [0.29, 0.717) is 35.5 Å². The third kappa shape index (κ3) is 5.18. The van der Waals surface area contributed by atoms with Crippen LogP contribution in [0.3, 0.4) is 0 Å². The van der Waals surface area contributed by atoms with Gasteiger partial charge in [0, 0.05) is 10.6 Å². The van der Waals surface area contributed by atoms with Crippen molar-refractivity contribution >= 4 is 17.5 Å². The van der Waals surface area contributed by atoms with Crippen LogP contribution in [0.15, 0.2) is 48.5 Å². The van der Waals surface area contributed by atoms with Crippen LogP contribution in [-0.4, -0.2) is 46.4 Å². The van der Waals surface area contributed by atoms with Crippen molar-refractivity contribution in [2.45, 2.75) is 6.54 Å².